The maximum atomic E-state index is 2.36. The molecule has 0 heterocycles. The van der Waals surface area contributed by atoms with Gasteiger partial charge in [-0.1, -0.05) is 0 Å². The van der Waals surface area contributed by atoms with Gasteiger partial charge in [0.1, 0.15) is 0 Å². The van der Waals surface area contributed by atoms with Crippen molar-refractivity contribution in [3.05, 3.63) is 60.7 Å². The second kappa shape index (κ2) is 5.21. The Bertz CT molecular complexity index is 405. The third-order valence-corrected chi connectivity index (χ3v) is 6.44. The Hall–Kier alpha value is -0.522. The molecule has 16 heavy (non-hydrogen) atoms. The van der Waals surface area contributed by atoms with Crippen LogP contribution in [0.15, 0.2) is 60.7 Å². The Morgan fingerprint density at radius 1 is 0.812 bits per heavy atom. The van der Waals surface area contributed by atoms with E-state index in [2.05, 4.69) is 77.2 Å². The Morgan fingerprint density at radius 3 is 1.50 bits per heavy atom. The fourth-order valence-corrected chi connectivity index (χ4v) is 5.57. The molecule has 2 aromatic rings. The first-order valence-corrected chi connectivity index (χ1v) is 7.95. The van der Waals surface area contributed by atoms with E-state index in [-0.39, 0.29) is 0 Å². The molecule has 0 aromatic heterocycles. The van der Waals surface area contributed by atoms with E-state index in [0.717, 1.165) is 0 Å². The molecule has 0 aliphatic carbocycles. The van der Waals surface area contributed by atoms with Crippen LogP contribution in [0, 0.1) is 0 Å². The first-order chi connectivity index (χ1) is 7.77. The zero-order valence-corrected chi connectivity index (χ0v) is 11.4. The van der Waals surface area contributed by atoms with Crippen molar-refractivity contribution in [1.82, 2.24) is 0 Å². The van der Waals surface area contributed by atoms with Crippen LogP contribution in [0.4, 0.5) is 0 Å². The van der Waals surface area contributed by atoms with E-state index in [1.165, 1.54) is 4.99 Å². The minimum atomic E-state index is -0.905. The van der Waals surface area contributed by atoms with Gasteiger partial charge in [-0.15, -0.1) is 0 Å². The van der Waals surface area contributed by atoms with Crippen LogP contribution >= 0.6 is 7.14 Å². The van der Waals surface area contributed by atoms with Crippen LogP contribution in [-0.4, -0.2) is 29.1 Å². The van der Waals surface area contributed by atoms with E-state index in [4.69, 9.17) is 0 Å². The SMILES string of the molecule is [BH3-][P+]([CH2][Ge])(c1ccccc1)c1ccccc1. The van der Waals surface area contributed by atoms with Gasteiger partial charge in [-0.3, -0.25) is 0 Å². The summed E-state index contributed by atoms with van der Waals surface area (Å²) in [6.07, 6.45) is 0. The molecular formula is C13H15BGeP. The molecule has 0 nitrogen and oxygen atoms in total. The quantitative estimate of drug-likeness (QED) is 0.584. The molecular weight excluding hydrogens is 271 g/mol. The molecule has 0 bridgehead atoms. The standard InChI is InChI=1S/C13H15BGeP/c14-16(11-15,12-7-3-1-4-8-12)13-9-5-2-6-10-13/h1-10H,11H2,14H3. The van der Waals surface area contributed by atoms with Crippen molar-refractivity contribution in [3.63, 3.8) is 0 Å². The van der Waals surface area contributed by atoms with Crippen LogP contribution in [0.25, 0.3) is 0 Å². The van der Waals surface area contributed by atoms with Crippen molar-refractivity contribution in [1.29, 1.82) is 0 Å². The second-order valence-electron chi connectivity index (χ2n) is 3.26. The Morgan fingerprint density at radius 2 is 1.19 bits per heavy atom. The summed E-state index contributed by atoms with van der Waals surface area (Å²) >= 11 is 2.36. The number of rotatable bonds is 3. The maximum absolute atomic E-state index is 2.36. The number of benzene rings is 2. The van der Waals surface area contributed by atoms with E-state index in [0.29, 0.717) is 7.57 Å². The summed E-state index contributed by atoms with van der Waals surface area (Å²) in [6.45, 7) is 0. The number of hydrogen-bond acceptors (Lipinski definition) is 0. The van der Waals surface area contributed by atoms with Crippen molar-refractivity contribution in [2.75, 3.05) is 4.99 Å². The van der Waals surface area contributed by atoms with Crippen LogP contribution in [-0.2, 0) is 0 Å². The molecule has 0 fully saturated rings. The molecule has 2 aromatic carbocycles. The van der Waals surface area contributed by atoms with Gasteiger partial charge in [0.05, 0.1) is 0 Å². The van der Waals surface area contributed by atoms with Gasteiger partial charge >= 0.3 is 107 Å². The average Bonchev–Trinajstić information content (AvgIpc) is 2.40. The zero-order valence-electron chi connectivity index (χ0n) is 8.43. The van der Waals surface area contributed by atoms with E-state index in [9.17, 15) is 0 Å². The summed E-state index contributed by atoms with van der Waals surface area (Å²) in [6, 6.07) is 22.3. The van der Waals surface area contributed by atoms with Crippen molar-refractivity contribution in [3.8, 4) is 0 Å². The Labute approximate surface area is 107 Å². The second-order valence-corrected chi connectivity index (χ2v) is 7.45. The van der Waals surface area contributed by atoms with Crippen molar-refractivity contribution in [2.24, 2.45) is 0 Å². The van der Waals surface area contributed by atoms with Crippen molar-refractivity contribution < 1.29 is 0 Å². The van der Waals surface area contributed by atoms with Gasteiger partial charge in [-0.25, -0.2) is 0 Å². The summed E-state index contributed by atoms with van der Waals surface area (Å²) in [5.41, 5.74) is 0. The molecule has 0 atom stereocenters. The van der Waals surface area contributed by atoms with Gasteiger partial charge in [0, 0.05) is 0 Å². The fraction of sp³-hybridized carbons (Fsp3) is 0.0769. The first kappa shape index (κ1) is 11.9. The molecule has 0 saturated heterocycles. The number of hydrogen-bond donors (Lipinski definition) is 0. The summed E-state index contributed by atoms with van der Waals surface area (Å²) in [4.78, 5) is 1.33. The van der Waals surface area contributed by atoms with E-state index in [1.54, 1.807) is 10.6 Å². The van der Waals surface area contributed by atoms with Crippen LogP contribution < -0.4 is 10.6 Å². The van der Waals surface area contributed by atoms with Gasteiger partial charge in [-0.05, 0) is 0 Å². The molecule has 0 aliphatic rings. The van der Waals surface area contributed by atoms with Gasteiger partial charge in [-0.2, -0.15) is 0 Å². The molecule has 0 N–H and O–H groups in total. The van der Waals surface area contributed by atoms with E-state index in [1.807, 2.05) is 0 Å². The van der Waals surface area contributed by atoms with Gasteiger partial charge < -0.3 is 0 Å². The molecule has 0 saturated carbocycles. The van der Waals surface area contributed by atoms with E-state index >= 15 is 0 Å². The molecule has 0 spiro atoms. The molecule has 79 valence electrons. The Kier molecular flexibility index (Phi) is 3.89. The summed E-state index contributed by atoms with van der Waals surface area (Å²) in [5, 5.41) is 3.23. The zero-order chi connectivity index (χ0) is 11.4. The normalized spacial score (nSPS) is 11.4. The van der Waals surface area contributed by atoms with Crippen LogP contribution in [0.2, 0.25) is 0 Å². The fourth-order valence-electron chi connectivity index (χ4n) is 1.55. The van der Waals surface area contributed by atoms with E-state index < -0.39 is 7.14 Å². The average molecular weight is 286 g/mol. The molecule has 3 heteroatoms. The molecule has 3 radical (unpaired) electrons. The minimum absolute atomic E-state index is 0.317. The molecule has 0 aliphatic heterocycles. The predicted octanol–water partition coefficient (Wildman–Crippen LogP) is 1.06. The summed E-state index contributed by atoms with van der Waals surface area (Å²) in [7, 11) is -0.588. The Balaban J connectivity index is 2.49. The van der Waals surface area contributed by atoms with Gasteiger partial charge in [0.15, 0.2) is 0 Å². The molecule has 0 amide bonds. The van der Waals surface area contributed by atoms with Crippen LogP contribution in [0.5, 0.6) is 0 Å². The van der Waals surface area contributed by atoms with Gasteiger partial charge in [0.2, 0.25) is 0 Å². The topological polar surface area (TPSA) is 0 Å². The molecule has 2 rings (SSSR count). The van der Waals surface area contributed by atoms with Crippen LogP contribution in [0.3, 0.4) is 0 Å². The van der Waals surface area contributed by atoms with Crippen LogP contribution in [0.1, 0.15) is 0 Å². The first-order valence-electron chi connectivity index (χ1n) is 4.94. The summed E-state index contributed by atoms with van der Waals surface area (Å²) < 4.78 is 0. The predicted molar refractivity (Wildman–Crippen MR) is 79.6 cm³/mol. The monoisotopic (exact) mass is 287 g/mol. The molecule has 0 unspecified atom stereocenters. The van der Waals surface area contributed by atoms with Crippen molar-refractivity contribution in [2.45, 2.75) is 0 Å². The third-order valence-electron chi connectivity index (χ3n) is 2.29. The summed E-state index contributed by atoms with van der Waals surface area (Å²) in [5.74, 6) is 0. The van der Waals surface area contributed by atoms with Gasteiger partial charge in [0.25, 0.3) is 0 Å². The third kappa shape index (κ3) is 2.26. The van der Waals surface area contributed by atoms with Crippen molar-refractivity contribution >= 4 is 41.8 Å².